The molecule has 2 aromatic rings. The predicted molar refractivity (Wildman–Crippen MR) is 56.0 cm³/mol. The van der Waals surface area contributed by atoms with Gasteiger partial charge in [0.15, 0.2) is 0 Å². The van der Waals surface area contributed by atoms with Crippen LogP contribution in [0, 0.1) is 5.92 Å². The lowest BCUT2D eigenvalue weighted by molar-refractivity contribution is 0.623. The van der Waals surface area contributed by atoms with E-state index in [2.05, 4.69) is 35.3 Å². The normalized spacial score (nSPS) is 11.3. The van der Waals surface area contributed by atoms with Crippen LogP contribution in [0.1, 0.15) is 19.7 Å². The zero-order chi connectivity index (χ0) is 9.26. The van der Waals surface area contributed by atoms with Gasteiger partial charge < -0.3 is 0 Å². The van der Waals surface area contributed by atoms with Crippen molar-refractivity contribution in [3.63, 3.8) is 0 Å². The van der Waals surface area contributed by atoms with Crippen molar-refractivity contribution < 1.29 is 0 Å². The Morgan fingerprint density at radius 3 is 3.08 bits per heavy atom. The van der Waals surface area contributed by atoms with Crippen LogP contribution >= 0.6 is 11.3 Å². The summed E-state index contributed by atoms with van der Waals surface area (Å²) in [7, 11) is 0. The highest BCUT2D eigenvalue weighted by molar-refractivity contribution is 7.16. The molecule has 2 aromatic heterocycles. The first-order chi connectivity index (χ1) is 6.25. The minimum atomic E-state index is 0.623. The molecule has 0 unspecified atom stereocenters. The summed E-state index contributed by atoms with van der Waals surface area (Å²) >= 11 is 1.68. The van der Waals surface area contributed by atoms with Crippen molar-refractivity contribution in [2.24, 2.45) is 5.92 Å². The molecule has 2 heterocycles. The van der Waals surface area contributed by atoms with Crippen LogP contribution in [0.25, 0.3) is 10.2 Å². The van der Waals surface area contributed by atoms with E-state index in [0.717, 1.165) is 22.5 Å². The van der Waals surface area contributed by atoms with Gasteiger partial charge in [-0.05, 0) is 17.4 Å². The number of fused-ring (bicyclic) bond motifs is 1. The number of aromatic nitrogens is 2. The molecule has 0 aromatic carbocycles. The fourth-order valence-corrected chi connectivity index (χ4v) is 2.01. The van der Waals surface area contributed by atoms with Gasteiger partial charge in [-0.2, -0.15) is 0 Å². The van der Waals surface area contributed by atoms with Crippen LogP contribution in [0.2, 0.25) is 0 Å². The van der Waals surface area contributed by atoms with Crippen LogP contribution in [0.15, 0.2) is 17.6 Å². The Hall–Kier alpha value is -0.960. The van der Waals surface area contributed by atoms with Crippen molar-refractivity contribution in [1.82, 2.24) is 9.97 Å². The number of hydrogen-bond acceptors (Lipinski definition) is 3. The van der Waals surface area contributed by atoms with E-state index >= 15 is 0 Å². The third-order valence-electron chi connectivity index (χ3n) is 1.85. The van der Waals surface area contributed by atoms with Crippen molar-refractivity contribution in [2.45, 2.75) is 20.3 Å². The Kier molecular flexibility index (Phi) is 2.27. The number of thiophene rings is 1. The molecular weight excluding hydrogens is 180 g/mol. The van der Waals surface area contributed by atoms with E-state index in [0.29, 0.717) is 5.92 Å². The van der Waals surface area contributed by atoms with Crippen LogP contribution in [-0.2, 0) is 6.42 Å². The molecule has 0 fully saturated rings. The maximum absolute atomic E-state index is 4.48. The molecule has 2 rings (SSSR count). The van der Waals surface area contributed by atoms with Gasteiger partial charge in [0.25, 0.3) is 0 Å². The molecule has 68 valence electrons. The Morgan fingerprint density at radius 1 is 1.46 bits per heavy atom. The van der Waals surface area contributed by atoms with Crippen LogP contribution in [0.3, 0.4) is 0 Å². The second-order valence-corrected chi connectivity index (χ2v) is 4.46. The number of hydrogen-bond donors (Lipinski definition) is 0. The van der Waals surface area contributed by atoms with Crippen LogP contribution in [0.5, 0.6) is 0 Å². The van der Waals surface area contributed by atoms with E-state index in [4.69, 9.17) is 0 Å². The lowest BCUT2D eigenvalue weighted by Gasteiger charge is -2.01. The van der Waals surface area contributed by atoms with E-state index in [1.165, 1.54) is 0 Å². The molecule has 0 aliphatic heterocycles. The zero-order valence-corrected chi connectivity index (χ0v) is 8.64. The fourth-order valence-electron chi connectivity index (χ4n) is 1.25. The fraction of sp³-hybridized carbons (Fsp3) is 0.400. The average Bonchev–Trinajstić information content (AvgIpc) is 2.49. The molecule has 0 aliphatic carbocycles. The summed E-state index contributed by atoms with van der Waals surface area (Å²) in [5.74, 6) is 1.59. The molecule has 0 saturated carbocycles. The summed E-state index contributed by atoms with van der Waals surface area (Å²) in [4.78, 5) is 9.90. The molecule has 13 heavy (non-hydrogen) atoms. The maximum atomic E-state index is 4.48. The van der Waals surface area contributed by atoms with Gasteiger partial charge in [0, 0.05) is 18.0 Å². The first-order valence-corrected chi connectivity index (χ1v) is 5.33. The molecule has 0 atom stereocenters. The van der Waals surface area contributed by atoms with Crippen molar-refractivity contribution in [3.8, 4) is 0 Å². The van der Waals surface area contributed by atoms with Crippen LogP contribution in [0.4, 0.5) is 0 Å². The highest BCUT2D eigenvalue weighted by Crippen LogP contribution is 2.17. The van der Waals surface area contributed by atoms with Crippen molar-refractivity contribution >= 4 is 21.6 Å². The lowest BCUT2D eigenvalue weighted by Crippen LogP contribution is -1.99. The maximum Gasteiger partial charge on any atom is 0.130 e. The molecule has 0 spiro atoms. The molecule has 0 radical (unpaired) electrons. The summed E-state index contributed by atoms with van der Waals surface area (Å²) in [6.07, 6.45) is 2.88. The Bertz CT molecular complexity index is 406. The van der Waals surface area contributed by atoms with E-state index < -0.39 is 0 Å². The van der Waals surface area contributed by atoms with Crippen molar-refractivity contribution in [3.05, 3.63) is 23.5 Å². The molecule has 3 heteroatoms. The first kappa shape index (κ1) is 8.63. The SMILES string of the molecule is CC(C)Cc1ncc2ccsc2n1. The largest absolute Gasteiger partial charge is 0.241 e. The average molecular weight is 192 g/mol. The van der Waals surface area contributed by atoms with Gasteiger partial charge in [0.2, 0.25) is 0 Å². The second kappa shape index (κ2) is 3.42. The Morgan fingerprint density at radius 2 is 2.31 bits per heavy atom. The van der Waals surface area contributed by atoms with Gasteiger partial charge in [0.05, 0.1) is 0 Å². The summed E-state index contributed by atoms with van der Waals surface area (Å²) in [6, 6.07) is 2.05. The molecule has 2 nitrogen and oxygen atoms in total. The molecule has 0 amide bonds. The summed E-state index contributed by atoms with van der Waals surface area (Å²) in [5, 5.41) is 3.20. The summed E-state index contributed by atoms with van der Waals surface area (Å²) < 4.78 is 0. The van der Waals surface area contributed by atoms with Crippen LogP contribution in [-0.4, -0.2) is 9.97 Å². The predicted octanol–water partition coefficient (Wildman–Crippen LogP) is 2.89. The molecule has 0 saturated heterocycles. The van der Waals surface area contributed by atoms with Crippen molar-refractivity contribution in [2.75, 3.05) is 0 Å². The minimum Gasteiger partial charge on any atom is -0.241 e. The molecule has 0 bridgehead atoms. The Labute approximate surface area is 81.7 Å². The Balaban J connectivity index is 2.37. The van der Waals surface area contributed by atoms with Crippen LogP contribution < -0.4 is 0 Å². The minimum absolute atomic E-state index is 0.623. The smallest absolute Gasteiger partial charge is 0.130 e. The van der Waals surface area contributed by atoms with E-state index in [-0.39, 0.29) is 0 Å². The first-order valence-electron chi connectivity index (χ1n) is 4.45. The quantitative estimate of drug-likeness (QED) is 0.731. The summed E-state index contributed by atoms with van der Waals surface area (Å²) in [6.45, 7) is 4.37. The highest BCUT2D eigenvalue weighted by Gasteiger charge is 2.02. The van der Waals surface area contributed by atoms with Gasteiger partial charge >= 0.3 is 0 Å². The van der Waals surface area contributed by atoms with Crippen molar-refractivity contribution in [1.29, 1.82) is 0 Å². The van der Waals surface area contributed by atoms with Gasteiger partial charge in [-0.15, -0.1) is 11.3 Å². The third kappa shape index (κ3) is 1.86. The lowest BCUT2D eigenvalue weighted by atomic mass is 10.1. The molecule has 0 N–H and O–H groups in total. The number of nitrogens with zero attached hydrogens (tertiary/aromatic N) is 2. The standard InChI is InChI=1S/C10H12N2S/c1-7(2)5-9-11-6-8-3-4-13-10(8)12-9/h3-4,6-7H,5H2,1-2H3. The van der Waals surface area contributed by atoms with Gasteiger partial charge in [0.1, 0.15) is 10.7 Å². The third-order valence-corrected chi connectivity index (χ3v) is 2.67. The zero-order valence-electron chi connectivity index (χ0n) is 7.82. The topological polar surface area (TPSA) is 25.8 Å². The number of rotatable bonds is 2. The van der Waals surface area contributed by atoms with Gasteiger partial charge in [-0.3, -0.25) is 0 Å². The van der Waals surface area contributed by atoms with Gasteiger partial charge in [-0.1, -0.05) is 13.8 Å². The monoisotopic (exact) mass is 192 g/mol. The summed E-state index contributed by atoms with van der Waals surface area (Å²) in [5.41, 5.74) is 0. The van der Waals surface area contributed by atoms with E-state index in [1.54, 1.807) is 11.3 Å². The van der Waals surface area contributed by atoms with E-state index in [9.17, 15) is 0 Å². The second-order valence-electron chi connectivity index (χ2n) is 3.57. The van der Waals surface area contributed by atoms with Gasteiger partial charge in [-0.25, -0.2) is 9.97 Å². The molecular formula is C10H12N2S. The molecule has 0 aliphatic rings. The highest BCUT2D eigenvalue weighted by atomic mass is 32.1. The van der Waals surface area contributed by atoms with E-state index in [1.807, 2.05) is 6.20 Å².